The Balaban J connectivity index is 1.88. The first-order valence-electron chi connectivity index (χ1n) is 8.52. The third kappa shape index (κ3) is 2.81. The van der Waals surface area contributed by atoms with Crippen molar-refractivity contribution in [3.63, 3.8) is 0 Å². The molecule has 0 atom stereocenters. The molecule has 120 valence electrons. The highest BCUT2D eigenvalue weighted by Gasteiger charge is 2.21. The molecule has 0 amide bonds. The first-order valence-corrected chi connectivity index (χ1v) is 8.52. The summed E-state index contributed by atoms with van der Waals surface area (Å²) < 4.78 is 0. The molecule has 0 aromatic heterocycles. The molecule has 0 fully saturated rings. The maximum atomic E-state index is 2.39. The maximum absolute atomic E-state index is 2.39. The minimum atomic E-state index is 1.03. The van der Waals surface area contributed by atoms with Gasteiger partial charge < -0.3 is 9.80 Å². The Hall–Kier alpha value is -2.58. The summed E-state index contributed by atoms with van der Waals surface area (Å²) in [6.45, 7) is 2.14. The second kappa shape index (κ2) is 6.50. The van der Waals surface area contributed by atoms with Crippen LogP contribution in [0.4, 0.5) is 17.1 Å². The molecule has 2 heteroatoms. The number of nitrogens with zero attached hydrogens (tertiary/aromatic N) is 2. The number of hydrogen-bond donors (Lipinski definition) is 0. The summed E-state index contributed by atoms with van der Waals surface area (Å²) in [6.07, 6.45) is 1.10. The first-order chi connectivity index (χ1) is 11.8. The van der Waals surface area contributed by atoms with Crippen LogP contribution < -0.4 is 4.90 Å². The van der Waals surface area contributed by atoms with Crippen molar-refractivity contribution in [2.75, 3.05) is 18.5 Å². The van der Waals surface area contributed by atoms with Crippen LogP contribution in [0.1, 0.15) is 11.1 Å². The molecule has 1 aliphatic rings. The standard InChI is InChI=1S/C22H22N2/c1-23-16-15-21-18(17-23)9-8-14-22(21)24(19-10-4-2-5-11-19)20-12-6-3-7-13-20/h2-14H,15-17H2,1H3. The normalized spacial score (nSPS) is 14.2. The van der Waals surface area contributed by atoms with E-state index in [9.17, 15) is 0 Å². The molecular formula is C22H22N2. The number of likely N-dealkylation sites (N-methyl/N-ethyl adjacent to an activating group) is 1. The molecule has 0 N–H and O–H groups in total. The highest BCUT2D eigenvalue weighted by molar-refractivity contribution is 5.79. The summed E-state index contributed by atoms with van der Waals surface area (Å²) in [5.41, 5.74) is 6.63. The molecule has 2 nitrogen and oxygen atoms in total. The van der Waals surface area contributed by atoms with E-state index < -0.39 is 0 Å². The zero-order chi connectivity index (χ0) is 16.4. The molecule has 1 aliphatic heterocycles. The van der Waals surface area contributed by atoms with E-state index in [2.05, 4.69) is 95.7 Å². The Bertz CT molecular complexity index is 772. The molecular weight excluding hydrogens is 292 g/mol. The van der Waals surface area contributed by atoms with Gasteiger partial charge in [0.2, 0.25) is 0 Å². The SMILES string of the molecule is CN1CCc2c(cccc2N(c2ccccc2)c2ccccc2)C1. The van der Waals surface area contributed by atoms with Gasteiger partial charge in [-0.25, -0.2) is 0 Å². The lowest BCUT2D eigenvalue weighted by atomic mass is 9.97. The van der Waals surface area contributed by atoms with Crippen LogP contribution in [0.5, 0.6) is 0 Å². The van der Waals surface area contributed by atoms with Gasteiger partial charge in [-0.2, -0.15) is 0 Å². The van der Waals surface area contributed by atoms with E-state index in [1.807, 2.05) is 0 Å². The van der Waals surface area contributed by atoms with Crippen LogP contribution in [0, 0.1) is 0 Å². The minimum absolute atomic E-state index is 1.03. The molecule has 0 aliphatic carbocycles. The molecule has 24 heavy (non-hydrogen) atoms. The zero-order valence-electron chi connectivity index (χ0n) is 14.0. The summed E-state index contributed by atoms with van der Waals surface area (Å²) in [7, 11) is 2.20. The fourth-order valence-electron chi connectivity index (χ4n) is 3.52. The van der Waals surface area contributed by atoms with Gasteiger partial charge >= 0.3 is 0 Å². The molecule has 0 radical (unpaired) electrons. The quantitative estimate of drug-likeness (QED) is 0.660. The van der Waals surface area contributed by atoms with Gasteiger partial charge in [0.25, 0.3) is 0 Å². The highest BCUT2D eigenvalue weighted by Crippen LogP contribution is 2.38. The van der Waals surface area contributed by atoms with Gasteiger partial charge in [0.15, 0.2) is 0 Å². The van der Waals surface area contributed by atoms with Crippen molar-refractivity contribution in [2.24, 2.45) is 0 Å². The highest BCUT2D eigenvalue weighted by atomic mass is 15.2. The predicted molar refractivity (Wildman–Crippen MR) is 101 cm³/mol. The fourth-order valence-corrected chi connectivity index (χ4v) is 3.52. The van der Waals surface area contributed by atoms with Crippen LogP contribution in [-0.2, 0) is 13.0 Å². The van der Waals surface area contributed by atoms with Crippen LogP contribution in [-0.4, -0.2) is 18.5 Å². The van der Waals surface area contributed by atoms with Crippen LogP contribution in [0.2, 0.25) is 0 Å². The molecule has 3 aromatic carbocycles. The Labute approximate surface area is 144 Å². The van der Waals surface area contributed by atoms with Crippen molar-refractivity contribution in [3.05, 3.63) is 90.0 Å². The van der Waals surface area contributed by atoms with E-state index >= 15 is 0 Å². The molecule has 0 saturated heterocycles. The number of benzene rings is 3. The summed E-state index contributed by atoms with van der Waals surface area (Å²) >= 11 is 0. The average molecular weight is 314 g/mol. The molecule has 1 heterocycles. The zero-order valence-corrected chi connectivity index (χ0v) is 14.0. The molecule has 0 spiro atoms. The van der Waals surface area contributed by atoms with Gasteiger partial charge in [-0.1, -0.05) is 48.5 Å². The van der Waals surface area contributed by atoms with Crippen molar-refractivity contribution in [3.8, 4) is 0 Å². The van der Waals surface area contributed by atoms with Crippen molar-refractivity contribution >= 4 is 17.1 Å². The Morgan fingerprint density at radius 2 is 1.38 bits per heavy atom. The molecule has 3 aromatic rings. The Morgan fingerprint density at radius 3 is 2.00 bits per heavy atom. The van der Waals surface area contributed by atoms with E-state index in [-0.39, 0.29) is 0 Å². The van der Waals surface area contributed by atoms with Gasteiger partial charge in [0.05, 0.1) is 0 Å². The van der Waals surface area contributed by atoms with Crippen molar-refractivity contribution in [1.82, 2.24) is 4.90 Å². The monoisotopic (exact) mass is 314 g/mol. The lowest BCUT2D eigenvalue weighted by Crippen LogP contribution is -2.28. The lowest BCUT2D eigenvalue weighted by molar-refractivity contribution is 0.313. The minimum Gasteiger partial charge on any atom is -0.310 e. The number of anilines is 3. The third-order valence-electron chi connectivity index (χ3n) is 4.70. The van der Waals surface area contributed by atoms with E-state index in [0.717, 1.165) is 19.5 Å². The smallest absolute Gasteiger partial charge is 0.0497 e. The fraction of sp³-hybridized carbons (Fsp3) is 0.182. The number of hydrogen-bond acceptors (Lipinski definition) is 2. The number of rotatable bonds is 3. The second-order valence-electron chi connectivity index (χ2n) is 6.41. The van der Waals surface area contributed by atoms with E-state index in [0.29, 0.717) is 0 Å². The van der Waals surface area contributed by atoms with Gasteiger partial charge in [-0.05, 0) is 54.9 Å². The third-order valence-corrected chi connectivity index (χ3v) is 4.70. The summed E-state index contributed by atoms with van der Waals surface area (Å²) in [6, 6.07) is 28.0. The topological polar surface area (TPSA) is 6.48 Å². The second-order valence-corrected chi connectivity index (χ2v) is 6.41. The van der Waals surface area contributed by atoms with E-state index in [4.69, 9.17) is 0 Å². The van der Waals surface area contributed by atoms with Gasteiger partial charge in [-0.15, -0.1) is 0 Å². The molecule has 0 unspecified atom stereocenters. The summed E-state index contributed by atoms with van der Waals surface area (Å²) in [4.78, 5) is 4.77. The first kappa shape index (κ1) is 15.0. The van der Waals surface area contributed by atoms with Crippen LogP contribution in [0.3, 0.4) is 0 Å². The van der Waals surface area contributed by atoms with Crippen LogP contribution >= 0.6 is 0 Å². The van der Waals surface area contributed by atoms with E-state index in [1.54, 1.807) is 0 Å². The van der Waals surface area contributed by atoms with Crippen LogP contribution in [0.15, 0.2) is 78.9 Å². The average Bonchev–Trinajstić information content (AvgIpc) is 2.64. The Kier molecular flexibility index (Phi) is 4.06. The largest absolute Gasteiger partial charge is 0.310 e. The van der Waals surface area contributed by atoms with Gasteiger partial charge in [0, 0.05) is 30.2 Å². The Morgan fingerprint density at radius 1 is 0.750 bits per heavy atom. The number of para-hydroxylation sites is 2. The predicted octanol–water partition coefficient (Wildman–Crippen LogP) is 5.14. The molecule has 0 bridgehead atoms. The lowest BCUT2D eigenvalue weighted by Gasteiger charge is -2.32. The van der Waals surface area contributed by atoms with Crippen LogP contribution in [0.25, 0.3) is 0 Å². The van der Waals surface area contributed by atoms with Crippen molar-refractivity contribution in [1.29, 1.82) is 0 Å². The van der Waals surface area contributed by atoms with E-state index in [1.165, 1.54) is 28.2 Å². The van der Waals surface area contributed by atoms with Crippen molar-refractivity contribution in [2.45, 2.75) is 13.0 Å². The number of fused-ring (bicyclic) bond motifs is 1. The molecule has 4 rings (SSSR count). The summed E-state index contributed by atoms with van der Waals surface area (Å²) in [5.74, 6) is 0. The van der Waals surface area contributed by atoms with Gasteiger partial charge in [-0.3, -0.25) is 0 Å². The van der Waals surface area contributed by atoms with Crippen molar-refractivity contribution < 1.29 is 0 Å². The summed E-state index contributed by atoms with van der Waals surface area (Å²) in [5, 5.41) is 0. The molecule has 0 saturated carbocycles. The van der Waals surface area contributed by atoms with Gasteiger partial charge in [0.1, 0.15) is 0 Å². The maximum Gasteiger partial charge on any atom is 0.0497 e.